The predicted octanol–water partition coefficient (Wildman–Crippen LogP) is 0.265. The highest BCUT2D eigenvalue weighted by Crippen LogP contribution is 1.81. The molecule has 0 aliphatic rings. The first kappa shape index (κ1) is 8.41. The van der Waals surface area contributed by atoms with Crippen molar-refractivity contribution in [3.05, 3.63) is 0 Å². The molecule has 0 unspecified atom stereocenters. The largest absolute Gasteiger partial charge is 0.380 e. The van der Waals surface area contributed by atoms with Gasteiger partial charge in [0, 0.05) is 6.61 Å². The van der Waals surface area contributed by atoms with E-state index in [4.69, 9.17) is 15.7 Å². The summed E-state index contributed by atoms with van der Waals surface area (Å²) in [6.07, 6.45) is 1.36. The van der Waals surface area contributed by atoms with E-state index in [2.05, 4.69) is 0 Å². The Labute approximate surface area is 55.4 Å². The molecular weight excluding hydrogens is 116 g/mol. The fraction of sp³-hybridized carbons (Fsp3) is 0.833. The monoisotopic (exact) mass is 128 g/mol. The molecule has 0 saturated heterocycles. The van der Waals surface area contributed by atoms with Crippen LogP contribution >= 0.6 is 0 Å². The second-order valence-corrected chi connectivity index (χ2v) is 1.66. The van der Waals surface area contributed by atoms with Gasteiger partial charge >= 0.3 is 0 Å². The zero-order valence-electron chi connectivity index (χ0n) is 5.47. The van der Waals surface area contributed by atoms with Gasteiger partial charge in [-0.25, -0.2) is 0 Å². The number of nitriles is 1. The molecule has 3 nitrogen and oxygen atoms in total. The van der Waals surface area contributed by atoms with Crippen molar-refractivity contribution in [1.29, 1.82) is 5.26 Å². The van der Waals surface area contributed by atoms with E-state index in [0.717, 1.165) is 6.42 Å². The quantitative estimate of drug-likeness (QED) is 0.540. The SMILES string of the molecule is N#CCCOCCCN. The van der Waals surface area contributed by atoms with Crippen molar-refractivity contribution in [3.63, 3.8) is 0 Å². The van der Waals surface area contributed by atoms with Crippen molar-refractivity contribution < 1.29 is 4.74 Å². The number of hydrogen-bond acceptors (Lipinski definition) is 3. The van der Waals surface area contributed by atoms with Gasteiger partial charge in [0.2, 0.25) is 0 Å². The summed E-state index contributed by atoms with van der Waals surface area (Å²) in [4.78, 5) is 0. The van der Waals surface area contributed by atoms with Crippen LogP contribution in [0.15, 0.2) is 0 Å². The molecule has 0 aliphatic carbocycles. The van der Waals surface area contributed by atoms with Crippen LogP contribution in [0.4, 0.5) is 0 Å². The maximum Gasteiger partial charge on any atom is 0.0645 e. The average Bonchev–Trinajstić information content (AvgIpc) is 1.89. The number of rotatable bonds is 5. The molecule has 9 heavy (non-hydrogen) atoms. The van der Waals surface area contributed by atoms with Crippen LogP contribution in [0.1, 0.15) is 12.8 Å². The lowest BCUT2D eigenvalue weighted by molar-refractivity contribution is 0.138. The van der Waals surface area contributed by atoms with Gasteiger partial charge in [-0.2, -0.15) is 5.26 Å². The predicted molar refractivity (Wildman–Crippen MR) is 34.7 cm³/mol. The highest BCUT2D eigenvalue weighted by atomic mass is 16.5. The summed E-state index contributed by atoms with van der Waals surface area (Å²) in [5.41, 5.74) is 5.20. The zero-order chi connectivity index (χ0) is 6.95. The van der Waals surface area contributed by atoms with Gasteiger partial charge in [-0.05, 0) is 13.0 Å². The number of nitrogens with two attached hydrogens (primary N) is 1. The van der Waals surface area contributed by atoms with Crippen molar-refractivity contribution in [2.45, 2.75) is 12.8 Å². The van der Waals surface area contributed by atoms with Crippen molar-refractivity contribution >= 4 is 0 Å². The lowest BCUT2D eigenvalue weighted by Gasteiger charge is -1.96. The third kappa shape index (κ3) is 7.41. The smallest absolute Gasteiger partial charge is 0.0645 e. The summed E-state index contributed by atoms with van der Waals surface area (Å²) in [5.74, 6) is 0. The molecule has 0 saturated carbocycles. The minimum absolute atomic E-state index is 0.477. The van der Waals surface area contributed by atoms with Crippen LogP contribution in [-0.2, 0) is 4.74 Å². The van der Waals surface area contributed by atoms with E-state index in [0.29, 0.717) is 26.2 Å². The first-order valence-electron chi connectivity index (χ1n) is 3.06. The van der Waals surface area contributed by atoms with Crippen LogP contribution in [-0.4, -0.2) is 19.8 Å². The van der Waals surface area contributed by atoms with Crippen molar-refractivity contribution in [3.8, 4) is 6.07 Å². The van der Waals surface area contributed by atoms with E-state index in [-0.39, 0.29) is 0 Å². The molecule has 0 heterocycles. The summed E-state index contributed by atoms with van der Waals surface area (Å²) in [7, 11) is 0. The van der Waals surface area contributed by atoms with E-state index in [1.807, 2.05) is 6.07 Å². The normalized spacial score (nSPS) is 8.89. The molecule has 2 N–H and O–H groups in total. The average molecular weight is 128 g/mol. The number of nitrogens with zero attached hydrogens (tertiary/aromatic N) is 1. The van der Waals surface area contributed by atoms with Crippen LogP contribution in [0, 0.1) is 11.3 Å². The van der Waals surface area contributed by atoms with Crippen LogP contribution in [0.3, 0.4) is 0 Å². The first-order chi connectivity index (χ1) is 4.41. The van der Waals surface area contributed by atoms with Crippen molar-refractivity contribution in [1.82, 2.24) is 0 Å². The molecule has 0 aliphatic heterocycles. The van der Waals surface area contributed by atoms with E-state index < -0.39 is 0 Å². The summed E-state index contributed by atoms with van der Waals surface area (Å²) in [6.45, 7) is 1.88. The van der Waals surface area contributed by atoms with Crippen LogP contribution in [0.25, 0.3) is 0 Å². The minimum atomic E-state index is 0.477. The lowest BCUT2D eigenvalue weighted by atomic mass is 10.4. The molecule has 3 heteroatoms. The van der Waals surface area contributed by atoms with Gasteiger partial charge in [0.25, 0.3) is 0 Å². The molecule has 0 atom stereocenters. The fourth-order valence-corrected chi connectivity index (χ4v) is 0.405. The molecular formula is C6H12N2O. The topological polar surface area (TPSA) is 59.0 Å². The Morgan fingerprint density at radius 3 is 2.78 bits per heavy atom. The highest BCUT2D eigenvalue weighted by molar-refractivity contribution is 4.66. The maximum atomic E-state index is 8.07. The molecule has 0 aromatic carbocycles. The van der Waals surface area contributed by atoms with Gasteiger partial charge in [-0.1, -0.05) is 0 Å². The Balaban J connectivity index is 2.69. The molecule has 0 bridgehead atoms. The van der Waals surface area contributed by atoms with E-state index in [9.17, 15) is 0 Å². The zero-order valence-corrected chi connectivity index (χ0v) is 5.47. The third-order valence-corrected chi connectivity index (χ3v) is 0.851. The Bertz CT molecular complexity index is 87.5. The van der Waals surface area contributed by atoms with Crippen molar-refractivity contribution in [2.24, 2.45) is 5.73 Å². The van der Waals surface area contributed by atoms with E-state index in [1.165, 1.54) is 0 Å². The molecule has 0 rings (SSSR count). The Morgan fingerprint density at radius 1 is 1.44 bits per heavy atom. The Hall–Kier alpha value is -0.590. The number of ether oxygens (including phenoxy) is 1. The first-order valence-corrected chi connectivity index (χ1v) is 3.06. The molecule has 0 aromatic heterocycles. The Kier molecular flexibility index (Phi) is 6.92. The van der Waals surface area contributed by atoms with E-state index in [1.54, 1.807) is 0 Å². The summed E-state index contributed by atoms with van der Waals surface area (Å²) < 4.78 is 5.01. The molecule has 0 fully saturated rings. The second-order valence-electron chi connectivity index (χ2n) is 1.66. The van der Waals surface area contributed by atoms with Gasteiger partial charge in [-0.15, -0.1) is 0 Å². The third-order valence-electron chi connectivity index (χ3n) is 0.851. The van der Waals surface area contributed by atoms with E-state index >= 15 is 0 Å². The molecule has 52 valence electrons. The van der Waals surface area contributed by atoms with Crippen LogP contribution in [0.2, 0.25) is 0 Å². The maximum absolute atomic E-state index is 8.07. The van der Waals surface area contributed by atoms with Gasteiger partial charge in [-0.3, -0.25) is 0 Å². The summed E-state index contributed by atoms with van der Waals surface area (Å²) >= 11 is 0. The van der Waals surface area contributed by atoms with Gasteiger partial charge in [0.15, 0.2) is 0 Å². The summed E-state index contributed by atoms with van der Waals surface area (Å²) in [6, 6.07) is 1.99. The van der Waals surface area contributed by atoms with Gasteiger partial charge < -0.3 is 10.5 Å². The highest BCUT2D eigenvalue weighted by Gasteiger charge is 1.84. The molecule has 0 amide bonds. The molecule has 0 radical (unpaired) electrons. The van der Waals surface area contributed by atoms with Crippen LogP contribution in [0.5, 0.6) is 0 Å². The fourth-order valence-electron chi connectivity index (χ4n) is 0.405. The molecule has 0 spiro atoms. The molecule has 0 aromatic rings. The summed E-state index contributed by atoms with van der Waals surface area (Å²) in [5, 5.41) is 8.07. The Morgan fingerprint density at radius 2 is 2.22 bits per heavy atom. The van der Waals surface area contributed by atoms with Gasteiger partial charge in [0.1, 0.15) is 0 Å². The lowest BCUT2D eigenvalue weighted by Crippen LogP contribution is -2.04. The van der Waals surface area contributed by atoms with Crippen LogP contribution < -0.4 is 5.73 Å². The standard InChI is InChI=1S/C6H12N2O/c7-3-1-5-9-6-2-4-8/h1-3,5-7H2. The minimum Gasteiger partial charge on any atom is -0.380 e. The van der Waals surface area contributed by atoms with Gasteiger partial charge in [0.05, 0.1) is 19.1 Å². The second kappa shape index (κ2) is 7.41. The van der Waals surface area contributed by atoms with Crippen molar-refractivity contribution in [2.75, 3.05) is 19.8 Å². The number of hydrogen-bond donors (Lipinski definition) is 1.